The Hall–Kier alpha value is -2.69. The number of piperidine rings is 1. The van der Waals surface area contributed by atoms with E-state index in [-0.39, 0.29) is 18.0 Å². The summed E-state index contributed by atoms with van der Waals surface area (Å²) in [5.74, 6) is -1.13. The van der Waals surface area contributed by atoms with E-state index in [1.165, 1.54) is 29.9 Å². The van der Waals surface area contributed by atoms with E-state index < -0.39 is 34.4 Å². The molecule has 172 valence electrons. The summed E-state index contributed by atoms with van der Waals surface area (Å²) in [6.07, 6.45) is 3.42. The maximum Gasteiger partial charge on any atom is 0.309 e. The fourth-order valence-corrected chi connectivity index (χ4v) is 4.94. The molecule has 1 amide bonds. The van der Waals surface area contributed by atoms with Crippen molar-refractivity contribution in [2.75, 3.05) is 32.1 Å². The first kappa shape index (κ1) is 24.0. The number of hydrogen-bond acceptors (Lipinski definition) is 7. The van der Waals surface area contributed by atoms with E-state index in [2.05, 4.69) is 10.3 Å². The Morgan fingerprint density at radius 2 is 2.00 bits per heavy atom. The summed E-state index contributed by atoms with van der Waals surface area (Å²) in [5.41, 5.74) is 1.18. The van der Waals surface area contributed by atoms with Crippen LogP contribution in [0.25, 0.3) is 0 Å². The molecule has 3 rings (SSSR count). The van der Waals surface area contributed by atoms with Crippen LogP contribution < -0.4 is 10.1 Å². The second-order valence-electron chi connectivity index (χ2n) is 7.32. The van der Waals surface area contributed by atoms with Gasteiger partial charge in [-0.2, -0.15) is 4.31 Å². The number of amides is 1. The molecule has 0 saturated carbocycles. The van der Waals surface area contributed by atoms with Crippen LogP contribution >= 0.6 is 11.6 Å². The van der Waals surface area contributed by atoms with Crippen LogP contribution in [0.15, 0.2) is 41.6 Å². The smallest absolute Gasteiger partial charge is 0.309 e. The lowest BCUT2D eigenvalue weighted by Gasteiger charge is -2.29. The first-order valence-corrected chi connectivity index (χ1v) is 11.7. The van der Waals surface area contributed by atoms with E-state index >= 15 is 0 Å². The highest BCUT2D eigenvalue weighted by Gasteiger charge is 2.33. The monoisotopic (exact) mass is 481 g/mol. The van der Waals surface area contributed by atoms with Crippen molar-refractivity contribution in [3.05, 3.63) is 47.2 Å². The van der Waals surface area contributed by atoms with Crippen molar-refractivity contribution in [3.63, 3.8) is 0 Å². The molecule has 1 fully saturated rings. The molecule has 1 saturated heterocycles. The maximum absolute atomic E-state index is 12.6. The molecule has 0 spiro atoms. The van der Waals surface area contributed by atoms with Gasteiger partial charge in [0.25, 0.3) is 5.91 Å². The van der Waals surface area contributed by atoms with Crippen molar-refractivity contribution in [2.45, 2.75) is 24.7 Å². The van der Waals surface area contributed by atoms with Crippen molar-refractivity contribution in [1.82, 2.24) is 9.29 Å². The molecule has 0 unspecified atom stereocenters. The van der Waals surface area contributed by atoms with Gasteiger partial charge in [-0.05, 0) is 43.5 Å². The summed E-state index contributed by atoms with van der Waals surface area (Å²) in [7, 11) is -2.20. The van der Waals surface area contributed by atoms with E-state index in [1.54, 1.807) is 25.1 Å². The number of pyridine rings is 1. The Kier molecular flexibility index (Phi) is 7.70. The van der Waals surface area contributed by atoms with E-state index in [4.69, 9.17) is 21.1 Å². The van der Waals surface area contributed by atoms with E-state index in [1.807, 2.05) is 0 Å². The topological polar surface area (TPSA) is 115 Å². The van der Waals surface area contributed by atoms with E-state index in [9.17, 15) is 18.0 Å². The summed E-state index contributed by atoms with van der Waals surface area (Å²) in [5, 5.41) is 3.14. The number of halogens is 1. The van der Waals surface area contributed by atoms with E-state index in [0.29, 0.717) is 29.3 Å². The first-order chi connectivity index (χ1) is 15.2. The van der Waals surface area contributed by atoms with Gasteiger partial charge in [0.15, 0.2) is 6.61 Å². The largest absolute Gasteiger partial charge is 0.495 e. The third-order valence-corrected chi connectivity index (χ3v) is 7.45. The molecule has 1 aromatic heterocycles. The summed E-state index contributed by atoms with van der Waals surface area (Å²) in [4.78, 5) is 28.6. The number of benzene rings is 1. The van der Waals surface area contributed by atoms with Gasteiger partial charge in [0.05, 0.1) is 18.7 Å². The minimum atomic E-state index is -3.65. The predicted octanol–water partition coefficient (Wildman–Crippen LogP) is 2.63. The molecular formula is C21H24ClN3O6S. The second-order valence-corrected chi connectivity index (χ2v) is 9.67. The number of aryl methyl sites for hydroxylation is 1. The normalized spacial score (nSPS) is 15.2. The third kappa shape index (κ3) is 5.56. The summed E-state index contributed by atoms with van der Waals surface area (Å²) in [6.45, 7) is 1.70. The number of anilines is 1. The predicted molar refractivity (Wildman–Crippen MR) is 118 cm³/mol. The number of nitrogens with one attached hydrogen (secondary N) is 1. The van der Waals surface area contributed by atoms with Crippen molar-refractivity contribution < 1.29 is 27.5 Å². The van der Waals surface area contributed by atoms with Crippen molar-refractivity contribution in [3.8, 4) is 5.75 Å². The second kappa shape index (κ2) is 10.3. The third-order valence-electron chi connectivity index (χ3n) is 5.16. The van der Waals surface area contributed by atoms with Crippen LogP contribution in [0.3, 0.4) is 0 Å². The number of sulfonamides is 1. The van der Waals surface area contributed by atoms with Crippen LogP contribution in [0.4, 0.5) is 5.69 Å². The number of esters is 1. The molecule has 1 aliphatic rings. The summed E-state index contributed by atoms with van der Waals surface area (Å²) < 4.78 is 37.0. The number of rotatable bonds is 7. The fraction of sp³-hybridized carbons (Fsp3) is 0.381. The van der Waals surface area contributed by atoms with Gasteiger partial charge in [-0.15, -0.1) is 0 Å². The lowest BCUT2D eigenvalue weighted by atomic mass is 9.98. The van der Waals surface area contributed by atoms with Crippen LogP contribution in [-0.4, -0.2) is 56.4 Å². The average molecular weight is 482 g/mol. The minimum Gasteiger partial charge on any atom is -0.495 e. The van der Waals surface area contributed by atoms with Crippen LogP contribution in [0, 0.1) is 12.8 Å². The average Bonchev–Trinajstić information content (AvgIpc) is 2.80. The van der Waals surface area contributed by atoms with Gasteiger partial charge in [0, 0.05) is 36.6 Å². The highest BCUT2D eigenvalue weighted by Crippen LogP contribution is 2.31. The van der Waals surface area contributed by atoms with Crippen LogP contribution in [-0.2, 0) is 24.3 Å². The highest BCUT2D eigenvalue weighted by atomic mass is 35.5. The fourth-order valence-electron chi connectivity index (χ4n) is 3.35. The van der Waals surface area contributed by atoms with Gasteiger partial charge in [0.1, 0.15) is 10.6 Å². The molecule has 0 radical (unpaired) electrons. The maximum atomic E-state index is 12.6. The molecule has 0 aliphatic carbocycles. The zero-order valence-corrected chi connectivity index (χ0v) is 19.3. The highest BCUT2D eigenvalue weighted by molar-refractivity contribution is 7.89. The van der Waals surface area contributed by atoms with Gasteiger partial charge in [-0.3, -0.25) is 14.6 Å². The molecule has 1 aliphatic heterocycles. The Labute approximate surface area is 191 Å². The molecule has 11 heteroatoms. The molecule has 2 heterocycles. The molecule has 1 N–H and O–H groups in total. The molecule has 0 bridgehead atoms. The number of ether oxygens (including phenoxy) is 2. The molecule has 9 nitrogen and oxygen atoms in total. The van der Waals surface area contributed by atoms with Crippen molar-refractivity contribution in [1.29, 1.82) is 0 Å². The van der Waals surface area contributed by atoms with Gasteiger partial charge in [-0.25, -0.2) is 8.42 Å². The first-order valence-electron chi connectivity index (χ1n) is 9.93. The lowest BCUT2D eigenvalue weighted by molar-refractivity contribution is -0.152. The number of carbonyl (C=O) groups excluding carboxylic acids is 2. The lowest BCUT2D eigenvalue weighted by Crippen LogP contribution is -2.41. The van der Waals surface area contributed by atoms with Crippen molar-refractivity contribution in [2.24, 2.45) is 5.92 Å². The van der Waals surface area contributed by atoms with Gasteiger partial charge in [0.2, 0.25) is 10.0 Å². The van der Waals surface area contributed by atoms with Gasteiger partial charge in [-0.1, -0.05) is 11.6 Å². The van der Waals surface area contributed by atoms with E-state index in [0.717, 1.165) is 5.56 Å². The standard InChI is InChI=1S/C21H24ClN3O6S/c1-14-10-18(19(30-2)11-17(14)22)24-20(26)13-31-21(27)15-5-8-25(9-6-15)32(28,29)16-4-3-7-23-12-16/h3-4,7,10-12,15H,5-6,8-9,13H2,1-2H3,(H,24,26). The molecule has 2 aromatic rings. The van der Waals surface area contributed by atoms with Crippen LogP contribution in [0.1, 0.15) is 18.4 Å². The minimum absolute atomic E-state index is 0.116. The molecule has 32 heavy (non-hydrogen) atoms. The Morgan fingerprint density at radius 3 is 2.62 bits per heavy atom. The van der Waals surface area contributed by atoms with Crippen LogP contribution in [0.2, 0.25) is 5.02 Å². The van der Waals surface area contributed by atoms with Crippen molar-refractivity contribution >= 4 is 39.2 Å². The van der Waals surface area contributed by atoms with Crippen LogP contribution in [0.5, 0.6) is 5.75 Å². The number of aromatic nitrogens is 1. The Morgan fingerprint density at radius 1 is 1.28 bits per heavy atom. The molecule has 1 aromatic carbocycles. The summed E-state index contributed by atoms with van der Waals surface area (Å²) >= 11 is 6.06. The number of methoxy groups -OCH3 is 1. The van der Waals surface area contributed by atoms with Gasteiger partial charge < -0.3 is 14.8 Å². The molecule has 0 atom stereocenters. The number of nitrogens with zero attached hydrogens (tertiary/aromatic N) is 2. The Balaban J connectivity index is 1.50. The number of hydrogen-bond donors (Lipinski definition) is 1. The quantitative estimate of drug-likeness (QED) is 0.604. The molecular weight excluding hydrogens is 458 g/mol. The summed E-state index contributed by atoms with van der Waals surface area (Å²) in [6, 6.07) is 6.30. The SMILES string of the molecule is COc1cc(Cl)c(C)cc1NC(=O)COC(=O)C1CCN(S(=O)(=O)c2cccnc2)CC1. The Bertz CT molecular complexity index is 1090. The zero-order chi connectivity index (χ0) is 23.3. The van der Waals surface area contributed by atoms with Gasteiger partial charge >= 0.3 is 5.97 Å². The zero-order valence-electron chi connectivity index (χ0n) is 17.7. The number of carbonyl (C=O) groups is 2.